The molecule has 0 bridgehead atoms. The molecule has 126 valence electrons. The number of hydrogen-bond acceptors (Lipinski definition) is 5. The summed E-state index contributed by atoms with van der Waals surface area (Å²) >= 11 is 0. The molecule has 1 saturated heterocycles. The molecule has 1 fully saturated rings. The first-order valence-corrected chi connectivity index (χ1v) is 8.03. The SMILES string of the molecule is COc1ccc(C=O)c(N2CCN(c3ccccc3OC)CC2)c1. The number of hydrogen-bond donors (Lipinski definition) is 0. The average Bonchev–Trinajstić information content (AvgIpc) is 2.67. The summed E-state index contributed by atoms with van der Waals surface area (Å²) in [7, 11) is 3.33. The van der Waals surface area contributed by atoms with E-state index in [1.807, 2.05) is 36.4 Å². The van der Waals surface area contributed by atoms with Gasteiger partial charge >= 0.3 is 0 Å². The molecule has 5 heteroatoms. The summed E-state index contributed by atoms with van der Waals surface area (Å²) in [6.45, 7) is 3.42. The van der Waals surface area contributed by atoms with Gasteiger partial charge in [0, 0.05) is 37.8 Å². The second-order valence-corrected chi connectivity index (χ2v) is 5.69. The summed E-state index contributed by atoms with van der Waals surface area (Å²) in [5, 5.41) is 0. The van der Waals surface area contributed by atoms with E-state index in [2.05, 4.69) is 15.9 Å². The Balaban J connectivity index is 1.77. The van der Waals surface area contributed by atoms with Gasteiger partial charge in [0.1, 0.15) is 11.5 Å². The van der Waals surface area contributed by atoms with E-state index in [1.54, 1.807) is 14.2 Å². The van der Waals surface area contributed by atoms with E-state index in [-0.39, 0.29) is 0 Å². The normalized spacial score (nSPS) is 14.4. The molecule has 0 aliphatic carbocycles. The number of piperazine rings is 1. The van der Waals surface area contributed by atoms with E-state index < -0.39 is 0 Å². The molecule has 0 amide bonds. The highest BCUT2D eigenvalue weighted by Crippen LogP contribution is 2.31. The third-order valence-corrected chi connectivity index (χ3v) is 4.41. The molecule has 0 N–H and O–H groups in total. The van der Waals surface area contributed by atoms with Crippen molar-refractivity contribution in [2.24, 2.45) is 0 Å². The van der Waals surface area contributed by atoms with Crippen LogP contribution in [0, 0.1) is 0 Å². The first-order valence-electron chi connectivity index (χ1n) is 8.03. The molecule has 5 nitrogen and oxygen atoms in total. The van der Waals surface area contributed by atoms with Crippen LogP contribution < -0.4 is 19.3 Å². The lowest BCUT2D eigenvalue weighted by Crippen LogP contribution is -2.47. The number of carbonyl (C=O) groups is 1. The predicted molar refractivity (Wildman–Crippen MR) is 95.8 cm³/mol. The molecule has 0 spiro atoms. The predicted octanol–water partition coefficient (Wildman–Crippen LogP) is 2.84. The van der Waals surface area contributed by atoms with Gasteiger partial charge in [0.25, 0.3) is 0 Å². The fraction of sp³-hybridized carbons (Fsp3) is 0.316. The average molecular weight is 326 g/mol. The standard InChI is InChI=1S/C19H22N2O3/c1-23-16-8-7-15(14-22)18(13-16)21-11-9-20(10-12-21)17-5-3-4-6-19(17)24-2/h3-8,13-14H,9-12H2,1-2H3. The Morgan fingerprint density at radius 1 is 0.875 bits per heavy atom. The Morgan fingerprint density at radius 3 is 2.17 bits per heavy atom. The summed E-state index contributed by atoms with van der Waals surface area (Å²) in [5.74, 6) is 1.66. The van der Waals surface area contributed by atoms with E-state index in [4.69, 9.17) is 9.47 Å². The summed E-state index contributed by atoms with van der Waals surface area (Å²) in [4.78, 5) is 15.9. The molecular weight excluding hydrogens is 304 g/mol. The van der Waals surface area contributed by atoms with Crippen LogP contribution in [0.2, 0.25) is 0 Å². The molecule has 3 rings (SSSR count). The first kappa shape index (κ1) is 16.2. The van der Waals surface area contributed by atoms with Crippen molar-refractivity contribution >= 4 is 17.7 Å². The maximum atomic E-state index is 11.3. The molecule has 1 heterocycles. The van der Waals surface area contributed by atoms with Crippen LogP contribution in [0.5, 0.6) is 11.5 Å². The number of anilines is 2. The molecular formula is C19H22N2O3. The molecule has 1 aliphatic rings. The number of ether oxygens (including phenoxy) is 2. The van der Waals surface area contributed by atoms with Crippen LogP contribution in [-0.2, 0) is 0 Å². The fourth-order valence-electron chi connectivity index (χ4n) is 3.10. The first-order chi connectivity index (χ1) is 11.8. The maximum absolute atomic E-state index is 11.3. The number of rotatable bonds is 5. The van der Waals surface area contributed by atoms with Crippen LogP contribution in [0.15, 0.2) is 42.5 Å². The third kappa shape index (κ3) is 3.15. The smallest absolute Gasteiger partial charge is 0.152 e. The van der Waals surface area contributed by atoms with E-state index in [0.29, 0.717) is 5.56 Å². The highest BCUT2D eigenvalue weighted by Gasteiger charge is 2.21. The number of benzene rings is 2. The lowest BCUT2D eigenvalue weighted by molar-refractivity contribution is 0.112. The van der Waals surface area contributed by atoms with E-state index in [0.717, 1.165) is 55.3 Å². The Bertz CT molecular complexity index is 710. The largest absolute Gasteiger partial charge is 0.497 e. The Morgan fingerprint density at radius 2 is 1.54 bits per heavy atom. The molecule has 2 aromatic carbocycles. The van der Waals surface area contributed by atoms with Gasteiger partial charge in [-0.25, -0.2) is 0 Å². The van der Waals surface area contributed by atoms with Crippen molar-refractivity contribution in [1.82, 2.24) is 0 Å². The Kier molecular flexibility index (Phi) is 4.89. The molecule has 1 aliphatic heterocycles. The summed E-state index contributed by atoms with van der Waals surface area (Å²) < 4.78 is 10.8. The molecule has 0 radical (unpaired) electrons. The van der Waals surface area contributed by atoms with Crippen molar-refractivity contribution < 1.29 is 14.3 Å². The number of nitrogens with zero attached hydrogens (tertiary/aromatic N) is 2. The summed E-state index contributed by atoms with van der Waals surface area (Å²) in [5.41, 5.74) is 2.74. The van der Waals surface area contributed by atoms with Gasteiger partial charge in [0.2, 0.25) is 0 Å². The van der Waals surface area contributed by atoms with E-state index >= 15 is 0 Å². The van der Waals surface area contributed by atoms with Crippen molar-refractivity contribution in [2.45, 2.75) is 0 Å². The van der Waals surface area contributed by atoms with Crippen LogP contribution in [0.1, 0.15) is 10.4 Å². The minimum atomic E-state index is 0.696. The lowest BCUT2D eigenvalue weighted by Gasteiger charge is -2.38. The van der Waals surface area contributed by atoms with Crippen LogP contribution in [0.25, 0.3) is 0 Å². The fourth-order valence-corrected chi connectivity index (χ4v) is 3.10. The lowest BCUT2D eigenvalue weighted by atomic mass is 10.1. The molecule has 0 aromatic heterocycles. The van der Waals surface area contributed by atoms with Crippen LogP contribution in [0.3, 0.4) is 0 Å². The highest BCUT2D eigenvalue weighted by atomic mass is 16.5. The highest BCUT2D eigenvalue weighted by molar-refractivity contribution is 5.85. The zero-order valence-corrected chi connectivity index (χ0v) is 14.1. The van der Waals surface area contributed by atoms with Gasteiger partial charge in [0.15, 0.2) is 6.29 Å². The number of para-hydroxylation sites is 2. The van der Waals surface area contributed by atoms with Crippen LogP contribution in [0.4, 0.5) is 11.4 Å². The maximum Gasteiger partial charge on any atom is 0.152 e. The van der Waals surface area contributed by atoms with Gasteiger partial charge in [0.05, 0.1) is 25.6 Å². The molecule has 24 heavy (non-hydrogen) atoms. The van der Waals surface area contributed by atoms with Gasteiger partial charge in [-0.3, -0.25) is 4.79 Å². The van der Waals surface area contributed by atoms with Crippen molar-refractivity contribution in [3.8, 4) is 11.5 Å². The van der Waals surface area contributed by atoms with Crippen molar-refractivity contribution in [3.05, 3.63) is 48.0 Å². The van der Waals surface area contributed by atoms with Gasteiger partial charge in [-0.05, 0) is 24.3 Å². The topological polar surface area (TPSA) is 42.0 Å². The van der Waals surface area contributed by atoms with Crippen molar-refractivity contribution in [3.63, 3.8) is 0 Å². The minimum Gasteiger partial charge on any atom is -0.497 e. The monoisotopic (exact) mass is 326 g/mol. The molecule has 0 atom stereocenters. The summed E-state index contributed by atoms with van der Waals surface area (Å²) in [6.07, 6.45) is 0.904. The zero-order chi connectivity index (χ0) is 16.9. The quantitative estimate of drug-likeness (QED) is 0.791. The molecule has 0 unspecified atom stereocenters. The Labute approximate surface area is 142 Å². The second-order valence-electron chi connectivity index (χ2n) is 5.69. The molecule has 0 saturated carbocycles. The second kappa shape index (κ2) is 7.25. The van der Waals surface area contributed by atoms with E-state index in [1.165, 1.54) is 0 Å². The van der Waals surface area contributed by atoms with Crippen molar-refractivity contribution in [2.75, 3.05) is 50.2 Å². The van der Waals surface area contributed by atoms with Crippen LogP contribution >= 0.6 is 0 Å². The molecule has 2 aromatic rings. The van der Waals surface area contributed by atoms with Crippen molar-refractivity contribution in [1.29, 1.82) is 0 Å². The number of aldehydes is 1. The number of methoxy groups -OCH3 is 2. The van der Waals surface area contributed by atoms with Crippen LogP contribution in [-0.4, -0.2) is 46.7 Å². The summed E-state index contributed by atoms with van der Waals surface area (Å²) in [6, 6.07) is 13.6. The minimum absolute atomic E-state index is 0.696. The third-order valence-electron chi connectivity index (χ3n) is 4.41. The van der Waals surface area contributed by atoms with E-state index in [9.17, 15) is 4.79 Å². The van der Waals surface area contributed by atoms with Gasteiger partial charge in [-0.1, -0.05) is 12.1 Å². The van der Waals surface area contributed by atoms with Gasteiger partial charge < -0.3 is 19.3 Å². The zero-order valence-electron chi connectivity index (χ0n) is 14.1. The van der Waals surface area contributed by atoms with Gasteiger partial charge in [-0.2, -0.15) is 0 Å². The number of carbonyl (C=O) groups excluding carboxylic acids is 1. The Hall–Kier alpha value is -2.69. The van der Waals surface area contributed by atoms with Gasteiger partial charge in [-0.15, -0.1) is 0 Å².